The van der Waals surface area contributed by atoms with E-state index in [9.17, 15) is 13.7 Å². The first-order chi connectivity index (χ1) is 13.5. The van der Waals surface area contributed by atoms with Gasteiger partial charge < -0.3 is 0 Å². The second-order valence-corrected chi connectivity index (χ2v) is 10.8. The Morgan fingerprint density at radius 3 is 2.46 bits per heavy atom. The summed E-state index contributed by atoms with van der Waals surface area (Å²) in [5, 5.41) is 9.30. The van der Waals surface area contributed by atoms with Gasteiger partial charge in [-0.1, -0.05) is 37.7 Å². The van der Waals surface area contributed by atoms with Gasteiger partial charge in [-0.25, -0.2) is 8.42 Å². The average Bonchev–Trinajstić information content (AvgIpc) is 2.74. The number of nitriles is 1. The lowest BCUT2D eigenvalue weighted by molar-refractivity contribution is 0.442. The topological polar surface area (TPSA) is 61.2 Å². The molecule has 7 heteroatoms. The molecule has 0 unspecified atom stereocenters. The zero-order chi connectivity index (χ0) is 20.1. The molecule has 0 aromatic heterocycles. The molecule has 0 aliphatic carbocycles. The number of aryl methyl sites for hydroxylation is 2. The summed E-state index contributed by atoms with van der Waals surface area (Å²) in [6.45, 7) is 5.24. The highest BCUT2D eigenvalue weighted by Crippen LogP contribution is 2.37. The zero-order valence-corrected chi connectivity index (χ0v) is 18.6. The quantitative estimate of drug-likeness (QED) is 0.669. The van der Waals surface area contributed by atoms with Gasteiger partial charge in [-0.3, -0.25) is 0 Å². The summed E-state index contributed by atoms with van der Waals surface area (Å²) < 4.78 is 28.2. The number of thioether (sulfide) groups is 1. The molecule has 2 aromatic rings. The van der Waals surface area contributed by atoms with Crippen molar-refractivity contribution in [3.05, 3.63) is 53.1 Å². The molecule has 28 heavy (non-hydrogen) atoms. The normalized spacial score (nSPS) is 15.3. The van der Waals surface area contributed by atoms with Crippen LogP contribution in [0.25, 0.3) is 0 Å². The Balaban J connectivity index is 2.06. The highest BCUT2D eigenvalue weighted by atomic mass is 32.2. The summed E-state index contributed by atoms with van der Waals surface area (Å²) in [6.07, 6.45) is 1.82. The molecule has 1 heterocycles. The van der Waals surface area contributed by atoms with Crippen LogP contribution in [0.5, 0.6) is 0 Å². The van der Waals surface area contributed by atoms with Crippen molar-refractivity contribution in [1.82, 2.24) is 4.31 Å². The van der Waals surface area contributed by atoms with Gasteiger partial charge in [0, 0.05) is 34.4 Å². The van der Waals surface area contributed by atoms with Crippen LogP contribution < -0.4 is 0 Å². The first kappa shape index (κ1) is 21.3. The van der Waals surface area contributed by atoms with E-state index in [-0.39, 0.29) is 4.90 Å². The Morgan fingerprint density at radius 2 is 1.82 bits per heavy atom. The molecule has 0 bridgehead atoms. The standard InChI is InChI=1S/C21H24N2O2S3/c1-3-16-5-7-18(4-2)20(13-16)27-19-8-6-17(15-22)14-21(19)28(24,25)23-9-11-26-12-10-23/h5-8,13-14H,3-4,9-12H2,1-2H3. The van der Waals surface area contributed by atoms with Crippen molar-refractivity contribution in [2.24, 2.45) is 0 Å². The van der Waals surface area contributed by atoms with Crippen LogP contribution >= 0.6 is 23.5 Å². The minimum absolute atomic E-state index is 0.243. The van der Waals surface area contributed by atoms with Gasteiger partial charge in [-0.15, -0.1) is 0 Å². The Hall–Kier alpha value is -1.46. The van der Waals surface area contributed by atoms with Gasteiger partial charge in [0.05, 0.1) is 16.5 Å². The van der Waals surface area contributed by atoms with E-state index in [0.717, 1.165) is 29.2 Å². The van der Waals surface area contributed by atoms with E-state index in [0.29, 0.717) is 23.5 Å². The first-order valence-electron chi connectivity index (χ1n) is 9.41. The molecule has 0 saturated carbocycles. The van der Waals surface area contributed by atoms with Crippen LogP contribution in [0.15, 0.2) is 51.1 Å². The van der Waals surface area contributed by atoms with E-state index < -0.39 is 10.0 Å². The minimum atomic E-state index is -3.63. The smallest absolute Gasteiger partial charge is 0.207 e. The lowest BCUT2D eigenvalue weighted by Crippen LogP contribution is -2.38. The third-order valence-corrected chi connectivity index (χ3v) is 8.99. The van der Waals surface area contributed by atoms with E-state index in [2.05, 4.69) is 38.1 Å². The van der Waals surface area contributed by atoms with Crippen molar-refractivity contribution in [2.75, 3.05) is 24.6 Å². The highest BCUT2D eigenvalue weighted by Gasteiger charge is 2.29. The number of hydrogen-bond donors (Lipinski definition) is 0. The van der Waals surface area contributed by atoms with E-state index in [4.69, 9.17) is 0 Å². The van der Waals surface area contributed by atoms with Crippen molar-refractivity contribution in [3.63, 3.8) is 0 Å². The van der Waals surface area contributed by atoms with Crippen molar-refractivity contribution in [2.45, 2.75) is 41.4 Å². The SMILES string of the molecule is CCc1ccc(CC)c(Sc2ccc(C#N)cc2S(=O)(=O)N2CCSCC2)c1. The van der Waals surface area contributed by atoms with Crippen LogP contribution in [0.3, 0.4) is 0 Å². The summed E-state index contributed by atoms with van der Waals surface area (Å²) in [4.78, 5) is 2.00. The van der Waals surface area contributed by atoms with Crippen LogP contribution in [0, 0.1) is 11.3 Å². The summed E-state index contributed by atoms with van der Waals surface area (Å²) in [5.41, 5.74) is 2.79. The fourth-order valence-electron chi connectivity index (χ4n) is 3.11. The molecule has 1 fully saturated rings. The van der Waals surface area contributed by atoms with Crippen molar-refractivity contribution >= 4 is 33.5 Å². The fraction of sp³-hybridized carbons (Fsp3) is 0.381. The van der Waals surface area contributed by atoms with Crippen LogP contribution in [0.2, 0.25) is 0 Å². The van der Waals surface area contributed by atoms with E-state index in [1.807, 2.05) is 0 Å². The monoisotopic (exact) mass is 432 g/mol. The van der Waals surface area contributed by atoms with Crippen LogP contribution in [-0.4, -0.2) is 37.3 Å². The van der Waals surface area contributed by atoms with Gasteiger partial charge in [0.1, 0.15) is 0 Å². The Morgan fingerprint density at radius 1 is 1.07 bits per heavy atom. The summed E-state index contributed by atoms with van der Waals surface area (Å²) in [7, 11) is -3.63. The Labute approximate surface area is 176 Å². The molecule has 0 spiro atoms. The summed E-state index contributed by atoms with van der Waals surface area (Å²) in [6, 6.07) is 13.5. The maximum Gasteiger partial charge on any atom is 0.244 e. The maximum atomic E-state index is 13.3. The lowest BCUT2D eigenvalue weighted by Gasteiger charge is -2.26. The van der Waals surface area contributed by atoms with Gasteiger partial charge in [-0.05, 0) is 48.2 Å². The van der Waals surface area contributed by atoms with Crippen LogP contribution in [0.1, 0.15) is 30.5 Å². The first-order valence-corrected chi connectivity index (χ1v) is 12.8. The van der Waals surface area contributed by atoms with Crippen LogP contribution in [0.4, 0.5) is 0 Å². The van der Waals surface area contributed by atoms with Crippen molar-refractivity contribution in [1.29, 1.82) is 5.26 Å². The molecule has 3 rings (SSSR count). The van der Waals surface area contributed by atoms with Gasteiger partial charge in [0.15, 0.2) is 0 Å². The average molecular weight is 433 g/mol. The highest BCUT2D eigenvalue weighted by molar-refractivity contribution is 8.00. The third kappa shape index (κ3) is 4.57. The van der Waals surface area contributed by atoms with E-state index in [1.165, 1.54) is 29.0 Å². The van der Waals surface area contributed by atoms with Gasteiger partial charge in [0.25, 0.3) is 0 Å². The largest absolute Gasteiger partial charge is 0.244 e. The molecule has 2 aromatic carbocycles. The molecular formula is C21H24N2O2S3. The molecule has 0 atom stereocenters. The molecule has 0 amide bonds. The Bertz CT molecular complexity index is 991. The summed E-state index contributed by atoms with van der Waals surface area (Å²) >= 11 is 3.25. The predicted octanol–water partition coefficient (Wildman–Crippen LogP) is 4.57. The molecular weight excluding hydrogens is 408 g/mol. The van der Waals surface area contributed by atoms with E-state index in [1.54, 1.807) is 28.2 Å². The third-order valence-electron chi connectivity index (χ3n) is 4.80. The van der Waals surface area contributed by atoms with Gasteiger partial charge in [0.2, 0.25) is 10.0 Å². The molecule has 1 aliphatic rings. The molecule has 0 N–H and O–H groups in total. The van der Waals surface area contributed by atoms with Gasteiger partial charge >= 0.3 is 0 Å². The second kappa shape index (κ2) is 9.36. The van der Waals surface area contributed by atoms with Crippen molar-refractivity contribution in [3.8, 4) is 6.07 Å². The maximum absolute atomic E-state index is 13.3. The lowest BCUT2D eigenvalue weighted by atomic mass is 10.1. The molecule has 0 radical (unpaired) electrons. The van der Waals surface area contributed by atoms with E-state index >= 15 is 0 Å². The fourth-order valence-corrected chi connectivity index (χ4v) is 7.32. The number of rotatable bonds is 6. The zero-order valence-electron chi connectivity index (χ0n) is 16.1. The molecule has 148 valence electrons. The number of sulfonamides is 1. The number of benzene rings is 2. The second-order valence-electron chi connectivity index (χ2n) is 6.54. The molecule has 1 saturated heterocycles. The Kier molecular flexibility index (Phi) is 7.10. The van der Waals surface area contributed by atoms with Crippen molar-refractivity contribution < 1.29 is 8.42 Å². The number of hydrogen-bond acceptors (Lipinski definition) is 5. The molecule has 1 aliphatic heterocycles. The minimum Gasteiger partial charge on any atom is -0.207 e. The molecule has 4 nitrogen and oxygen atoms in total. The van der Waals surface area contributed by atoms with Crippen LogP contribution in [-0.2, 0) is 22.9 Å². The predicted molar refractivity (Wildman–Crippen MR) is 117 cm³/mol. The number of nitrogens with zero attached hydrogens (tertiary/aromatic N) is 2. The summed E-state index contributed by atoms with van der Waals surface area (Å²) in [5.74, 6) is 1.61. The van der Waals surface area contributed by atoms with Gasteiger partial charge in [-0.2, -0.15) is 21.3 Å².